The Bertz CT molecular complexity index is 981. The highest BCUT2D eigenvalue weighted by atomic mass is 16.5. The first-order valence-electron chi connectivity index (χ1n) is 9.94. The second kappa shape index (κ2) is 8.92. The smallest absolute Gasteiger partial charge is 0.256 e. The van der Waals surface area contributed by atoms with Crippen LogP contribution in [0, 0.1) is 0 Å². The van der Waals surface area contributed by atoms with Crippen LogP contribution in [-0.4, -0.2) is 43.3 Å². The van der Waals surface area contributed by atoms with Crippen molar-refractivity contribution in [3.63, 3.8) is 0 Å². The van der Waals surface area contributed by atoms with Crippen LogP contribution >= 0.6 is 0 Å². The second-order valence-corrected chi connectivity index (χ2v) is 7.22. The summed E-state index contributed by atoms with van der Waals surface area (Å²) in [4.78, 5) is 25.2. The average Bonchev–Trinajstić information content (AvgIpc) is 2.77. The summed E-state index contributed by atoms with van der Waals surface area (Å²) in [6.45, 7) is 3.71. The van der Waals surface area contributed by atoms with Gasteiger partial charge in [0.1, 0.15) is 0 Å². The number of H-pyrrole nitrogens is 1. The van der Waals surface area contributed by atoms with Gasteiger partial charge in [-0.2, -0.15) is 0 Å². The maximum Gasteiger partial charge on any atom is 0.256 e. The van der Waals surface area contributed by atoms with E-state index in [4.69, 9.17) is 9.72 Å². The number of hydrogen-bond donors (Lipinski definition) is 1. The van der Waals surface area contributed by atoms with Crippen molar-refractivity contribution >= 4 is 11.6 Å². The van der Waals surface area contributed by atoms with E-state index in [2.05, 4.69) is 39.0 Å². The summed E-state index contributed by atoms with van der Waals surface area (Å²) in [7, 11) is 1.63. The molecule has 0 amide bonds. The van der Waals surface area contributed by atoms with Gasteiger partial charge in [-0.05, 0) is 17.7 Å². The van der Waals surface area contributed by atoms with Crippen LogP contribution in [0.1, 0.15) is 16.8 Å². The molecule has 6 nitrogen and oxygen atoms in total. The molecular weight excluding hydrogens is 364 g/mol. The van der Waals surface area contributed by atoms with Gasteiger partial charge >= 0.3 is 0 Å². The summed E-state index contributed by atoms with van der Waals surface area (Å²) in [6, 6.07) is 20.4. The zero-order chi connectivity index (χ0) is 20.1. The number of piperazine rings is 1. The first kappa shape index (κ1) is 19.2. The van der Waals surface area contributed by atoms with Crippen LogP contribution in [0.15, 0.2) is 65.5 Å². The predicted octanol–water partition coefficient (Wildman–Crippen LogP) is 2.83. The van der Waals surface area contributed by atoms with E-state index in [0.717, 1.165) is 31.7 Å². The van der Waals surface area contributed by atoms with Crippen molar-refractivity contribution < 1.29 is 4.74 Å². The van der Waals surface area contributed by atoms with Crippen molar-refractivity contribution in [2.45, 2.75) is 13.0 Å². The maximum atomic E-state index is 12.9. The molecule has 6 heteroatoms. The molecule has 1 aromatic heterocycles. The first-order chi connectivity index (χ1) is 14.2. The van der Waals surface area contributed by atoms with E-state index in [1.165, 1.54) is 5.69 Å². The zero-order valence-corrected chi connectivity index (χ0v) is 16.7. The number of nitrogens with one attached hydrogen (secondary N) is 1. The minimum atomic E-state index is -0.0867. The number of rotatable bonds is 6. The van der Waals surface area contributed by atoms with Crippen molar-refractivity contribution in [3.05, 3.63) is 87.8 Å². The molecule has 0 bridgehead atoms. The van der Waals surface area contributed by atoms with Crippen LogP contribution in [0.3, 0.4) is 0 Å². The number of hydrogen-bond acceptors (Lipinski definition) is 5. The lowest BCUT2D eigenvalue weighted by Gasteiger charge is -2.36. The second-order valence-electron chi connectivity index (χ2n) is 7.22. The lowest BCUT2D eigenvalue weighted by Crippen LogP contribution is -2.47. The lowest BCUT2D eigenvalue weighted by atomic mass is 10.0. The van der Waals surface area contributed by atoms with E-state index in [0.29, 0.717) is 30.2 Å². The molecule has 29 heavy (non-hydrogen) atoms. The Hall–Kier alpha value is -3.12. The highest BCUT2D eigenvalue weighted by Crippen LogP contribution is 2.19. The largest absolute Gasteiger partial charge is 0.378 e. The summed E-state index contributed by atoms with van der Waals surface area (Å²) in [5.41, 5.74) is 3.61. The highest BCUT2D eigenvalue weighted by Gasteiger charge is 2.21. The predicted molar refractivity (Wildman–Crippen MR) is 116 cm³/mol. The molecule has 1 aliphatic heterocycles. The summed E-state index contributed by atoms with van der Waals surface area (Å²) < 4.78 is 5.34. The maximum absolute atomic E-state index is 12.9. The van der Waals surface area contributed by atoms with Gasteiger partial charge in [0.2, 0.25) is 5.95 Å². The molecule has 2 aromatic carbocycles. The van der Waals surface area contributed by atoms with Gasteiger partial charge < -0.3 is 14.5 Å². The lowest BCUT2D eigenvalue weighted by molar-refractivity contribution is 0.180. The van der Waals surface area contributed by atoms with E-state index >= 15 is 0 Å². The summed E-state index contributed by atoms with van der Waals surface area (Å²) >= 11 is 0. The minimum Gasteiger partial charge on any atom is -0.378 e. The van der Waals surface area contributed by atoms with Gasteiger partial charge in [0.05, 0.1) is 12.3 Å². The van der Waals surface area contributed by atoms with Crippen molar-refractivity contribution in [3.8, 4) is 0 Å². The van der Waals surface area contributed by atoms with Crippen molar-refractivity contribution in [2.24, 2.45) is 0 Å². The molecule has 0 atom stereocenters. The summed E-state index contributed by atoms with van der Waals surface area (Å²) in [5.74, 6) is 0.631. The van der Waals surface area contributed by atoms with Crippen LogP contribution in [0.4, 0.5) is 11.6 Å². The molecule has 1 N–H and O–H groups in total. The molecule has 0 aliphatic carbocycles. The Labute approximate surface area is 170 Å². The first-order valence-corrected chi connectivity index (χ1v) is 9.94. The minimum absolute atomic E-state index is 0.0867. The molecule has 2 heterocycles. The molecule has 4 rings (SSSR count). The fourth-order valence-corrected chi connectivity index (χ4v) is 3.73. The van der Waals surface area contributed by atoms with E-state index in [1.54, 1.807) is 7.11 Å². The monoisotopic (exact) mass is 390 g/mol. The van der Waals surface area contributed by atoms with Gasteiger partial charge in [0.25, 0.3) is 5.56 Å². The average molecular weight is 390 g/mol. The number of nitrogens with zero attached hydrogens (tertiary/aromatic N) is 3. The number of methoxy groups -OCH3 is 1. The molecule has 0 spiro atoms. The van der Waals surface area contributed by atoms with Crippen molar-refractivity contribution in [2.75, 3.05) is 43.1 Å². The topological polar surface area (TPSA) is 61.5 Å². The Morgan fingerprint density at radius 1 is 0.931 bits per heavy atom. The van der Waals surface area contributed by atoms with Crippen molar-refractivity contribution in [1.29, 1.82) is 0 Å². The summed E-state index contributed by atoms with van der Waals surface area (Å²) in [6.07, 6.45) is 0.546. The van der Waals surface area contributed by atoms with Crippen LogP contribution in [-0.2, 0) is 17.8 Å². The van der Waals surface area contributed by atoms with E-state index in [-0.39, 0.29) is 5.56 Å². The third-order valence-electron chi connectivity index (χ3n) is 5.29. The molecule has 0 saturated carbocycles. The fourth-order valence-electron chi connectivity index (χ4n) is 3.73. The zero-order valence-electron chi connectivity index (χ0n) is 16.7. The van der Waals surface area contributed by atoms with E-state index < -0.39 is 0 Å². The molecule has 0 unspecified atom stereocenters. The standard InChI is InChI=1S/C23H26N4O2/c1-29-17-21-20(16-18-8-4-2-5-9-18)22(28)25-23(24-21)27-14-12-26(13-15-27)19-10-6-3-7-11-19/h2-11H,12-17H2,1H3,(H,24,25,28). The fraction of sp³-hybridized carbons (Fsp3) is 0.304. The molecule has 3 aromatic rings. The Morgan fingerprint density at radius 3 is 2.21 bits per heavy atom. The third kappa shape index (κ3) is 4.49. The van der Waals surface area contributed by atoms with Crippen LogP contribution in [0.2, 0.25) is 0 Å². The molecule has 1 aliphatic rings. The highest BCUT2D eigenvalue weighted by molar-refractivity contribution is 5.48. The molecule has 150 valence electrons. The van der Waals surface area contributed by atoms with Crippen molar-refractivity contribution in [1.82, 2.24) is 9.97 Å². The van der Waals surface area contributed by atoms with Crippen LogP contribution in [0.5, 0.6) is 0 Å². The summed E-state index contributed by atoms with van der Waals surface area (Å²) in [5, 5.41) is 0. The Balaban J connectivity index is 1.53. The number of aromatic nitrogens is 2. The van der Waals surface area contributed by atoms with Gasteiger partial charge in [-0.1, -0.05) is 48.5 Å². The SMILES string of the molecule is COCc1nc(N2CCN(c3ccccc3)CC2)[nH]c(=O)c1Cc1ccccc1. The van der Waals surface area contributed by atoms with Gasteiger partial charge in [-0.15, -0.1) is 0 Å². The number of para-hydroxylation sites is 1. The van der Waals surface area contributed by atoms with E-state index in [1.807, 2.05) is 36.4 Å². The van der Waals surface area contributed by atoms with Gasteiger partial charge in [0.15, 0.2) is 0 Å². The molecule has 1 saturated heterocycles. The number of benzene rings is 2. The Morgan fingerprint density at radius 2 is 1.55 bits per heavy atom. The normalized spacial score (nSPS) is 14.2. The third-order valence-corrected chi connectivity index (χ3v) is 5.29. The van der Waals surface area contributed by atoms with Gasteiger partial charge in [-0.25, -0.2) is 4.98 Å². The van der Waals surface area contributed by atoms with E-state index in [9.17, 15) is 4.79 Å². The number of ether oxygens (including phenoxy) is 1. The Kier molecular flexibility index (Phi) is 5.91. The molecular formula is C23H26N4O2. The molecule has 0 radical (unpaired) electrons. The van der Waals surface area contributed by atoms with Crippen LogP contribution in [0.25, 0.3) is 0 Å². The number of anilines is 2. The molecule has 1 fully saturated rings. The quantitative estimate of drug-likeness (QED) is 0.701. The van der Waals surface area contributed by atoms with Gasteiger partial charge in [0, 0.05) is 51.0 Å². The number of aromatic amines is 1. The van der Waals surface area contributed by atoms with Crippen LogP contribution < -0.4 is 15.4 Å². The van der Waals surface area contributed by atoms with Gasteiger partial charge in [-0.3, -0.25) is 9.78 Å².